The average Bonchev–Trinajstić information content (AvgIpc) is 3.14. The first-order chi connectivity index (χ1) is 12.0. The lowest BCUT2D eigenvalue weighted by atomic mass is 9.83. The van der Waals surface area contributed by atoms with Crippen molar-refractivity contribution in [3.8, 4) is 0 Å². The van der Waals surface area contributed by atoms with Crippen molar-refractivity contribution in [2.24, 2.45) is 22.4 Å². The molecule has 142 valence electrons. The number of rotatable bonds is 4. The monoisotopic (exact) mass is 350 g/mol. The van der Waals surface area contributed by atoms with Crippen LogP contribution in [0.4, 0.5) is 0 Å². The van der Waals surface area contributed by atoms with Crippen LogP contribution in [0, 0.1) is 17.3 Å². The number of ether oxygens (including phenoxy) is 3. The number of hydrogen-bond donors (Lipinski definition) is 0. The molecule has 2 saturated carbocycles. The molecule has 2 saturated heterocycles. The minimum Gasteiger partial charge on any atom is -0.382 e. The van der Waals surface area contributed by atoms with E-state index in [1.54, 1.807) is 7.11 Å². The van der Waals surface area contributed by atoms with Crippen molar-refractivity contribution < 1.29 is 14.2 Å². The van der Waals surface area contributed by atoms with Crippen LogP contribution in [0.2, 0.25) is 0 Å². The molecule has 0 amide bonds. The van der Waals surface area contributed by atoms with E-state index in [0.717, 1.165) is 39.2 Å². The van der Waals surface area contributed by atoms with Gasteiger partial charge in [-0.25, -0.2) is 0 Å². The second-order valence-corrected chi connectivity index (χ2v) is 9.22. The molecule has 4 aliphatic rings. The normalized spacial score (nSPS) is 38.4. The molecule has 5 nitrogen and oxygen atoms in total. The molecule has 3 atom stereocenters. The molecule has 2 heterocycles. The summed E-state index contributed by atoms with van der Waals surface area (Å²) in [5.74, 6) is 0.750. The maximum Gasteiger partial charge on any atom is 0.172 e. The van der Waals surface area contributed by atoms with Gasteiger partial charge in [0.1, 0.15) is 0 Å². The fraction of sp³-hybridized carbons (Fsp3) is 0.950. The Morgan fingerprint density at radius 1 is 1.16 bits per heavy atom. The molecule has 25 heavy (non-hydrogen) atoms. The van der Waals surface area contributed by atoms with E-state index in [1.165, 1.54) is 37.8 Å². The Morgan fingerprint density at radius 3 is 2.72 bits per heavy atom. The van der Waals surface area contributed by atoms with Gasteiger partial charge >= 0.3 is 0 Å². The van der Waals surface area contributed by atoms with Crippen LogP contribution < -0.4 is 0 Å². The predicted molar refractivity (Wildman–Crippen MR) is 97.5 cm³/mol. The maximum atomic E-state index is 6.22. The van der Waals surface area contributed by atoms with Crippen LogP contribution in [-0.2, 0) is 14.2 Å². The molecule has 0 aromatic carbocycles. The summed E-state index contributed by atoms with van der Waals surface area (Å²) in [7, 11) is 1.79. The van der Waals surface area contributed by atoms with E-state index in [4.69, 9.17) is 19.3 Å². The summed E-state index contributed by atoms with van der Waals surface area (Å²) in [6, 6.07) is 0.455. The van der Waals surface area contributed by atoms with E-state index in [1.807, 2.05) is 0 Å². The van der Waals surface area contributed by atoms with Crippen LogP contribution >= 0.6 is 0 Å². The molecule has 5 heteroatoms. The van der Waals surface area contributed by atoms with Crippen LogP contribution in [0.1, 0.15) is 58.8 Å². The lowest BCUT2D eigenvalue weighted by molar-refractivity contribution is -0.251. The van der Waals surface area contributed by atoms with Gasteiger partial charge in [0.25, 0.3) is 0 Å². The van der Waals surface area contributed by atoms with Gasteiger partial charge in [0, 0.05) is 43.0 Å². The van der Waals surface area contributed by atoms with E-state index in [2.05, 4.69) is 18.9 Å². The Hall–Kier alpha value is -0.650. The summed E-state index contributed by atoms with van der Waals surface area (Å²) in [6.07, 6.45) is 8.43. The van der Waals surface area contributed by atoms with Crippen molar-refractivity contribution in [2.75, 3.05) is 33.5 Å². The Morgan fingerprint density at radius 2 is 1.96 bits per heavy atom. The van der Waals surface area contributed by atoms with Gasteiger partial charge < -0.3 is 14.2 Å². The summed E-state index contributed by atoms with van der Waals surface area (Å²) in [6.45, 7) is 7.91. The molecule has 0 unspecified atom stereocenters. The van der Waals surface area contributed by atoms with Gasteiger partial charge in [0.15, 0.2) is 5.79 Å². The van der Waals surface area contributed by atoms with E-state index in [9.17, 15) is 0 Å². The molecule has 0 aromatic heterocycles. The minimum absolute atomic E-state index is 0.144. The van der Waals surface area contributed by atoms with Crippen LogP contribution in [0.5, 0.6) is 0 Å². The highest BCUT2D eigenvalue weighted by Gasteiger charge is 2.63. The molecule has 0 aromatic rings. The van der Waals surface area contributed by atoms with E-state index in [0.29, 0.717) is 17.9 Å². The molecular weight excluding hydrogens is 316 g/mol. The highest BCUT2D eigenvalue weighted by molar-refractivity contribution is 5.88. The Labute approximate surface area is 152 Å². The Bertz CT molecular complexity index is 509. The SMILES string of the molecule is COC[C@@H]1CCCN1/N=C1/CCCC[C@H]1[C@H]1CC12OCC(C)(C)CO2. The molecular formula is C20H34N2O3. The van der Waals surface area contributed by atoms with Crippen LogP contribution in [0.15, 0.2) is 5.10 Å². The number of hydrogen-bond acceptors (Lipinski definition) is 5. The van der Waals surface area contributed by atoms with Crippen LogP contribution in [-0.4, -0.2) is 56.0 Å². The largest absolute Gasteiger partial charge is 0.382 e. The second-order valence-electron chi connectivity index (χ2n) is 9.22. The Balaban J connectivity index is 1.45. The highest BCUT2D eigenvalue weighted by atomic mass is 16.7. The first-order valence-electron chi connectivity index (χ1n) is 10.1. The standard InChI is InChI=1S/C20H34N2O3/c1-19(2)13-24-20(25-14-19)11-17(20)16-8-4-5-9-18(16)21-22-10-6-7-15(22)12-23-3/h15-17H,4-14H2,1-3H3/b21-18-/t15-,16-,17+/m0/s1. The summed E-state index contributed by atoms with van der Waals surface area (Å²) >= 11 is 0. The average molecular weight is 351 g/mol. The fourth-order valence-corrected chi connectivity index (χ4v) is 4.81. The zero-order valence-electron chi connectivity index (χ0n) is 16.1. The zero-order chi connectivity index (χ0) is 17.5. The first-order valence-corrected chi connectivity index (χ1v) is 10.1. The molecule has 4 fully saturated rings. The predicted octanol–water partition coefficient (Wildman–Crippen LogP) is 3.43. The summed E-state index contributed by atoms with van der Waals surface area (Å²) < 4.78 is 17.8. The molecule has 1 spiro atoms. The maximum absolute atomic E-state index is 6.22. The van der Waals surface area contributed by atoms with Gasteiger partial charge in [-0.2, -0.15) is 5.10 Å². The van der Waals surface area contributed by atoms with Gasteiger partial charge in [-0.05, 0) is 32.1 Å². The second kappa shape index (κ2) is 6.82. The Kier molecular flexibility index (Phi) is 4.84. The van der Waals surface area contributed by atoms with Crippen molar-refractivity contribution in [2.45, 2.75) is 70.6 Å². The first kappa shape index (κ1) is 17.7. The number of methoxy groups -OCH3 is 1. The molecule has 0 radical (unpaired) electrons. The topological polar surface area (TPSA) is 43.3 Å². The quantitative estimate of drug-likeness (QED) is 0.779. The van der Waals surface area contributed by atoms with Gasteiger partial charge in [0.05, 0.1) is 25.9 Å². The van der Waals surface area contributed by atoms with Crippen molar-refractivity contribution in [3.63, 3.8) is 0 Å². The lowest BCUT2D eigenvalue weighted by Gasteiger charge is -2.37. The van der Waals surface area contributed by atoms with Gasteiger partial charge in [0.2, 0.25) is 0 Å². The van der Waals surface area contributed by atoms with Crippen molar-refractivity contribution in [3.05, 3.63) is 0 Å². The van der Waals surface area contributed by atoms with Gasteiger partial charge in [-0.3, -0.25) is 5.01 Å². The lowest BCUT2D eigenvalue weighted by Crippen LogP contribution is -2.42. The van der Waals surface area contributed by atoms with Crippen LogP contribution in [0.3, 0.4) is 0 Å². The molecule has 0 bridgehead atoms. The highest BCUT2D eigenvalue weighted by Crippen LogP contribution is 2.57. The number of hydrazone groups is 1. The van der Waals surface area contributed by atoms with E-state index < -0.39 is 0 Å². The van der Waals surface area contributed by atoms with Gasteiger partial charge in [-0.15, -0.1) is 0 Å². The zero-order valence-corrected chi connectivity index (χ0v) is 16.1. The fourth-order valence-electron chi connectivity index (χ4n) is 4.81. The third-order valence-electron chi connectivity index (χ3n) is 6.40. The van der Waals surface area contributed by atoms with Crippen molar-refractivity contribution >= 4 is 5.71 Å². The van der Waals surface area contributed by atoms with Crippen LogP contribution in [0.25, 0.3) is 0 Å². The van der Waals surface area contributed by atoms with Crippen molar-refractivity contribution in [1.82, 2.24) is 5.01 Å². The van der Waals surface area contributed by atoms with E-state index >= 15 is 0 Å². The third-order valence-corrected chi connectivity index (χ3v) is 6.40. The van der Waals surface area contributed by atoms with Crippen molar-refractivity contribution in [1.29, 1.82) is 0 Å². The summed E-state index contributed by atoms with van der Waals surface area (Å²) in [5.41, 5.74) is 1.54. The summed E-state index contributed by atoms with van der Waals surface area (Å²) in [4.78, 5) is 0. The number of nitrogens with zero attached hydrogens (tertiary/aromatic N) is 2. The summed E-state index contributed by atoms with van der Waals surface area (Å²) in [5, 5.41) is 7.45. The third kappa shape index (κ3) is 3.60. The molecule has 0 N–H and O–H groups in total. The molecule has 4 rings (SSSR count). The molecule has 2 aliphatic carbocycles. The molecule has 2 aliphatic heterocycles. The van der Waals surface area contributed by atoms with E-state index in [-0.39, 0.29) is 11.2 Å². The smallest absolute Gasteiger partial charge is 0.172 e. The minimum atomic E-state index is -0.296. The van der Waals surface area contributed by atoms with Gasteiger partial charge in [-0.1, -0.05) is 20.3 Å².